The number of carbonyl (C=O) groups excluding carboxylic acids is 1. The van der Waals surface area contributed by atoms with Crippen LogP contribution >= 0.6 is 0 Å². The molecule has 0 aromatic heterocycles. The van der Waals surface area contributed by atoms with Gasteiger partial charge < -0.3 is 9.47 Å². The summed E-state index contributed by atoms with van der Waals surface area (Å²) >= 11 is 0. The highest BCUT2D eigenvalue weighted by Crippen LogP contribution is 2.28. The van der Waals surface area contributed by atoms with E-state index in [-0.39, 0.29) is 17.1 Å². The van der Waals surface area contributed by atoms with Crippen LogP contribution in [0.25, 0.3) is 6.08 Å². The monoisotopic (exact) mass is 322 g/mol. The summed E-state index contributed by atoms with van der Waals surface area (Å²) in [5.41, 5.74) is 2.51. The summed E-state index contributed by atoms with van der Waals surface area (Å²) in [6, 6.07) is 3.25. The molecule has 1 aromatic rings. The van der Waals surface area contributed by atoms with Crippen molar-refractivity contribution in [1.82, 2.24) is 10.4 Å². The quantitative estimate of drug-likeness (QED) is 0.476. The second-order valence-corrected chi connectivity index (χ2v) is 4.16. The molecule has 0 aliphatic heterocycles. The van der Waals surface area contributed by atoms with Crippen molar-refractivity contribution in [2.45, 2.75) is 13.2 Å². The van der Waals surface area contributed by atoms with Gasteiger partial charge in [0.1, 0.15) is 11.5 Å². The standard InChI is InChI=1S/C13H14F4N2O3/c1-19(2)18-11(20)6-4-8-3-5-9(21-12(14)15)7-10(8)22-13(16)17/h3-7,12-13H,1-2H3,(H,18,20)/b6-4+. The number of hydrogen-bond acceptors (Lipinski definition) is 4. The van der Waals surface area contributed by atoms with Crippen LogP contribution in [0.2, 0.25) is 0 Å². The van der Waals surface area contributed by atoms with Crippen LogP contribution < -0.4 is 14.9 Å². The molecule has 0 aliphatic carbocycles. The minimum atomic E-state index is -3.15. The summed E-state index contributed by atoms with van der Waals surface area (Å²) in [4.78, 5) is 11.4. The molecule has 5 nitrogen and oxygen atoms in total. The van der Waals surface area contributed by atoms with E-state index in [9.17, 15) is 22.4 Å². The molecule has 1 N–H and O–H groups in total. The van der Waals surface area contributed by atoms with Gasteiger partial charge in [-0.1, -0.05) is 0 Å². The minimum Gasteiger partial charge on any atom is -0.435 e. The number of carbonyl (C=O) groups is 1. The zero-order valence-electron chi connectivity index (χ0n) is 11.7. The average Bonchev–Trinajstić information content (AvgIpc) is 2.35. The largest absolute Gasteiger partial charge is 0.435 e. The highest BCUT2D eigenvalue weighted by molar-refractivity contribution is 5.91. The van der Waals surface area contributed by atoms with Crippen LogP contribution in [0.3, 0.4) is 0 Å². The van der Waals surface area contributed by atoms with Gasteiger partial charge in [-0.15, -0.1) is 0 Å². The Morgan fingerprint density at radius 1 is 1.18 bits per heavy atom. The van der Waals surface area contributed by atoms with Crippen molar-refractivity contribution >= 4 is 12.0 Å². The number of amides is 1. The molecule has 0 atom stereocenters. The molecule has 122 valence electrons. The molecular formula is C13H14F4N2O3. The van der Waals surface area contributed by atoms with Crippen LogP contribution in [0.1, 0.15) is 5.56 Å². The molecule has 1 rings (SSSR count). The Morgan fingerprint density at radius 2 is 1.82 bits per heavy atom. The molecular weight excluding hydrogens is 308 g/mol. The van der Waals surface area contributed by atoms with Crippen LogP contribution in [0.15, 0.2) is 24.3 Å². The third-order valence-corrected chi connectivity index (χ3v) is 2.17. The number of nitrogens with one attached hydrogen (secondary N) is 1. The highest BCUT2D eigenvalue weighted by Gasteiger charge is 2.12. The summed E-state index contributed by atoms with van der Waals surface area (Å²) in [5.74, 6) is -1.22. The van der Waals surface area contributed by atoms with Crippen molar-refractivity contribution in [3.8, 4) is 11.5 Å². The molecule has 0 heterocycles. The van der Waals surface area contributed by atoms with Crippen LogP contribution in [0, 0.1) is 0 Å². The van der Waals surface area contributed by atoms with Crippen molar-refractivity contribution in [1.29, 1.82) is 0 Å². The van der Waals surface area contributed by atoms with Gasteiger partial charge in [-0.2, -0.15) is 17.6 Å². The number of benzene rings is 1. The van der Waals surface area contributed by atoms with Crippen molar-refractivity contribution in [2.24, 2.45) is 0 Å². The third-order valence-electron chi connectivity index (χ3n) is 2.17. The molecule has 0 saturated carbocycles. The van der Waals surface area contributed by atoms with E-state index < -0.39 is 19.1 Å². The number of hydrazine groups is 1. The molecule has 0 spiro atoms. The van der Waals surface area contributed by atoms with E-state index in [0.29, 0.717) is 0 Å². The maximum absolute atomic E-state index is 12.3. The molecule has 0 radical (unpaired) electrons. The fourth-order valence-corrected chi connectivity index (χ4v) is 1.45. The Morgan fingerprint density at radius 3 is 2.36 bits per heavy atom. The molecule has 9 heteroatoms. The van der Waals surface area contributed by atoms with Gasteiger partial charge in [0.25, 0.3) is 5.91 Å². The first kappa shape index (κ1) is 17.8. The van der Waals surface area contributed by atoms with Gasteiger partial charge in [-0.25, -0.2) is 5.01 Å². The van der Waals surface area contributed by atoms with E-state index in [0.717, 1.165) is 18.2 Å². The molecule has 0 saturated heterocycles. The van der Waals surface area contributed by atoms with E-state index in [4.69, 9.17) is 0 Å². The lowest BCUT2D eigenvalue weighted by atomic mass is 10.1. The lowest BCUT2D eigenvalue weighted by molar-refractivity contribution is -0.119. The maximum atomic E-state index is 12.3. The first-order valence-corrected chi connectivity index (χ1v) is 5.97. The number of alkyl halides is 4. The van der Waals surface area contributed by atoms with Gasteiger partial charge in [0.2, 0.25) is 0 Å². The van der Waals surface area contributed by atoms with E-state index >= 15 is 0 Å². The SMILES string of the molecule is CN(C)NC(=O)/C=C/c1ccc(OC(F)F)cc1OC(F)F. The van der Waals surface area contributed by atoms with Crippen LogP contribution in [-0.4, -0.2) is 38.2 Å². The van der Waals surface area contributed by atoms with Crippen molar-refractivity contribution in [3.05, 3.63) is 29.8 Å². The summed E-state index contributed by atoms with van der Waals surface area (Å²) in [6.45, 7) is -6.24. The van der Waals surface area contributed by atoms with Gasteiger partial charge in [-0.05, 0) is 18.2 Å². The summed E-state index contributed by atoms with van der Waals surface area (Å²) in [7, 11) is 3.18. The van der Waals surface area contributed by atoms with Gasteiger partial charge in [0.15, 0.2) is 0 Å². The van der Waals surface area contributed by atoms with E-state index in [1.165, 1.54) is 17.2 Å². The first-order chi connectivity index (χ1) is 10.3. The zero-order valence-corrected chi connectivity index (χ0v) is 11.7. The maximum Gasteiger partial charge on any atom is 0.387 e. The Balaban J connectivity index is 2.96. The van der Waals surface area contributed by atoms with Gasteiger partial charge in [0.05, 0.1) is 0 Å². The summed E-state index contributed by atoms with van der Waals surface area (Å²) < 4.78 is 57.2. The van der Waals surface area contributed by atoms with Gasteiger partial charge in [0, 0.05) is 31.8 Å². The van der Waals surface area contributed by atoms with Gasteiger partial charge >= 0.3 is 13.2 Å². The van der Waals surface area contributed by atoms with Crippen molar-refractivity contribution < 1.29 is 31.8 Å². The Kier molecular flexibility index (Phi) is 6.64. The number of halogens is 4. The second kappa shape index (κ2) is 8.23. The zero-order chi connectivity index (χ0) is 16.7. The second-order valence-electron chi connectivity index (χ2n) is 4.16. The Labute approximate surface area is 124 Å². The van der Waals surface area contributed by atoms with E-state index in [1.807, 2.05) is 0 Å². The summed E-state index contributed by atoms with van der Waals surface area (Å²) in [5, 5.41) is 1.39. The minimum absolute atomic E-state index is 0.107. The number of rotatable bonds is 7. The van der Waals surface area contributed by atoms with Crippen LogP contribution in [-0.2, 0) is 4.79 Å². The normalized spacial score (nSPS) is 11.5. The Hall–Kier alpha value is -2.29. The first-order valence-electron chi connectivity index (χ1n) is 5.97. The number of ether oxygens (including phenoxy) is 2. The average molecular weight is 322 g/mol. The van der Waals surface area contributed by atoms with Gasteiger partial charge in [-0.3, -0.25) is 10.2 Å². The molecule has 0 bridgehead atoms. The molecule has 1 amide bonds. The lowest BCUT2D eigenvalue weighted by Gasteiger charge is -2.11. The number of hydrogen-bond donors (Lipinski definition) is 1. The fraction of sp³-hybridized carbons (Fsp3) is 0.308. The molecule has 22 heavy (non-hydrogen) atoms. The predicted molar refractivity (Wildman–Crippen MR) is 70.6 cm³/mol. The van der Waals surface area contributed by atoms with Crippen LogP contribution in [0.4, 0.5) is 17.6 Å². The molecule has 1 aromatic carbocycles. The number of nitrogens with zero attached hydrogens (tertiary/aromatic N) is 1. The third kappa shape index (κ3) is 6.44. The van der Waals surface area contributed by atoms with E-state index in [2.05, 4.69) is 14.9 Å². The van der Waals surface area contributed by atoms with Crippen molar-refractivity contribution in [2.75, 3.05) is 14.1 Å². The summed E-state index contributed by atoms with van der Waals surface area (Å²) in [6.07, 6.45) is 2.30. The molecule has 0 aliphatic rings. The van der Waals surface area contributed by atoms with Crippen LogP contribution in [0.5, 0.6) is 11.5 Å². The van der Waals surface area contributed by atoms with E-state index in [1.54, 1.807) is 14.1 Å². The highest BCUT2D eigenvalue weighted by atomic mass is 19.3. The molecule has 0 fully saturated rings. The predicted octanol–water partition coefficient (Wildman–Crippen LogP) is 2.50. The van der Waals surface area contributed by atoms with Crippen molar-refractivity contribution in [3.63, 3.8) is 0 Å². The smallest absolute Gasteiger partial charge is 0.387 e. The Bertz CT molecular complexity index is 536. The fourth-order valence-electron chi connectivity index (χ4n) is 1.45. The lowest BCUT2D eigenvalue weighted by Crippen LogP contribution is -2.34. The topological polar surface area (TPSA) is 50.8 Å². The molecule has 0 unspecified atom stereocenters.